The van der Waals surface area contributed by atoms with E-state index in [9.17, 15) is 24.3 Å². The van der Waals surface area contributed by atoms with Gasteiger partial charge in [-0.3, -0.25) is 14.4 Å². The predicted molar refractivity (Wildman–Crippen MR) is 161 cm³/mol. The molecule has 0 saturated carbocycles. The van der Waals surface area contributed by atoms with Gasteiger partial charge < -0.3 is 31.7 Å². The lowest BCUT2D eigenvalue weighted by molar-refractivity contribution is -0.144. The molecule has 0 spiro atoms. The summed E-state index contributed by atoms with van der Waals surface area (Å²) in [6.07, 6.45) is 17.9. The number of unbranched alkanes of at least 4 members (excludes halogenated alkanes) is 3. The van der Waals surface area contributed by atoms with Crippen LogP contribution in [0.15, 0.2) is 12.2 Å². The molecule has 5 atom stereocenters. The number of carbonyl (C=O) groups is 4. The van der Waals surface area contributed by atoms with Crippen molar-refractivity contribution in [2.45, 2.75) is 98.2 Å². The van der Waals surface area contributed by atoms with E-state index in [0.29, 0.717) is 32.0 Å². The number of hydrogen-bond acceptors (Lipinski definition) is 6. The lowest BCUT2D eigenvalue weighted by atomic mass is 9.87. The average molecular weight is 566 g/mol. The monoisotopic (exact) mass is 565 g/mol. The zero-order valence-electron chi connectivity index (χ0n) is 25.7. The largest absolute Gasteiger partial charge is 0.480 e. The van der Waals surface area contributed by atoms with Crippen molar-refractivity contribution >= 4 is 24.2 Å². The molecule has 0 bridgehead atoms. The maximum Gasteiger partial charge on any atom is 0.326 e. The molecule has 40 heavy (non-hydrogen) atoms. The highest BCUT2D eigenvalue weighted by Crippen LogP contribution is 2.25. The quantitative estimate of drug-likeness (QED) is 0.0885. The highest BCUT2D eigenvalue weighted by molar-refractivity contribution is 5.87. The number of nitrogens with one attached hydrogen (secondary N) is 3. The Balaban J connectivity index is 0. The van der Waals surface area contributed by atoms with Crippen LogP contribution in [0.1, 0.15) is 80.1 Å². The smallest absolute Gasteiger partial charge is 0.326 e. The van der Waals surface area contributed by atoms with Crippen LogP contribution in [-0.4, -0.2) is 79.0 Å². The Morgan fingerprint density at radius 1 is 1.18 bits per heavy atom. The molecule has 4 unspecified atom stereocenters. The minimum absolute atomic E-state index is 0.105. The summed E-state index contributed by atoms with van der Waals surface area (Å²) < 4.78 is 0. The first-order valence-electron chi connectivity index (χ1n) is 14.2. The number of carbonyl (C=O) groups excluding carboxylic acids is 3. The molecule has 1 aliphatic heterocycles. The third kappa shape index (κ3) is 15.0. The van der Waals surface area contributed by atoms with Gasteiger partial charge in [0.05, 0.1) is 12.5 Å². The van der Waals surface area contributed by atoms with Crippen molar-refractivity contribution < 1.29 is 24.3 Å². The summed E-state index contributed by atoms with van der Waals surface area (Å²) >= 11 is 0. The molecule has 1 saturated heterocycles. The lowest BCUT2D eigenvalue weighted by Gasteiger charge is -2.30. The van der Waals surface area contributed by atoms with Crippen molar-refractivity contribution in [2.75, 3.05) is 26.7 Å². The Bertz CT molecular complexity index is 789. The number of nitrogens with two attached hydrogens (primary N) is 1. The molecule has 0 aromatic heterocycles. The highest BCUT2D eigenvalue weighted by atomic mass is 16.4. The van der Waals surface area contributed by atoms with Crippen LogP contribution in [0.3, 0.4) is 0 Å². The molecule has 230 valence electrons. The lowest BCUT2D eigenvalue weighted by Crippen LogP contribution is -2.51. The second-order valence-corrected chi connectivity index (χ2v) is 11.1. The Hall–Kier alpha value is -2.90. The fourth-order valence-electron chi connectivity index (χ4n) is 4.57. The molecule has 3 amide bonds. The van der Waals surface area contributed by atoms with Crippen LogP contribution in [0.5, 0.6) is 0 Å². The van der Waals surface area contributed by atoms with E-state index in [1.807, 2.05) is 19.2 Å². The number of rotatable bonds is 15. The Morgan fingerprint density at radius 2 is 1.80 bits per heavy atom. The fraction of sp³-hybridized carbons (Fsp3) is 0.733. The van der Waals surface area contributed by atoms with Crippen LogP contribution in [0, 0.1) is 30.1 Å². The number of carboxylic acid groups (broad SMARTS) is 1. The standard InChI is InChI=1S/C21H35N3O5.C7H18N2.C2H2/c1-4-5-6-7-8-10-15(2)19(21(28)29)23-20(27)16(3)17-11-9-12-24(17)18(26)13-22-14-25;1-7(2,3)6(5-8)9-4;1-2/h8,10,14-17,19H,4-7,9,11-13H2,1-3H3,(H,22,25)(H,23,27)(H,28,29);6,9H,5,8H2,1-4H3;1-2H/b10-8-;;/t15?,16-,17?,19?;;/m1../s1. The van der Waals surface area contributed by atoms with E-state index in [0.717, 1.165) is 32.1 Å². The number of terminal acetylenes is 1. The summed E-state index contributed by atoms with van der Waals surface area (Å²) in [6.45, 7) is 13.3. The van der Waals surface area contributed by atoms with Gasteiger partial charge in [0.25, 0.3) is 0 Å². The second kappa shape index (κ2) is 21.9. The highest BCUT2D eigenvalue weighted by Gasteiger charge is 2.37. The summed E-state index contributed by atoms with van der Waals surface area (Å²) in [7, 11) is 1.95. The number of likely N-dealkylation sites (tertiary alicyclic amines) is 1. The first-order valence-corrected chi connectivity index (χ1v) is 14.2. The van der Waals surface area contributed by atoms with E-state index in [2.05, 4.69) is 56.5 Å². The molecule has 0 aliphatic carbocycles. The van der Waals surface area contributed by atoms with Crippen molar-refractivity contribution in [3.8, 4) is 12.8 Å². The Morgan fingerprint density at radius 3 is 2.25 bits per heavy atom. The number of hydrogen-bond donors (Lipinski definition) is 5. The third-order valence-electron chi connectivity index (χ3n) is 7.08. The first-order chi connectivity index (χ1) is 18.8. The second-order valence-electron chi connectivity index (χ2n) is 11.1. The van der Waals surface area contributed by atoms with Crippen LogP contribution in [0.25, 0.3) is 0 Å². The van der Waals surface area contributed by atoms with E-state index >= 15 is 0 Å². The van der Waals surface area contributed by atoms with Crippen molar-refractivity contribution in [3.63, 3.8) is 0 Å². The number of nitrogens with zero attached hydrogens (tertiary/aromatic N) is 1. The number of aliphatic carboxylic acids is 1. The van der Waals surface area contributed by atoms with Gasteiger partial charge in [0.2, 0.25) is 18.2 Å². The van der Waals surface area contributed by atoms with Gasteiger partial charge >= 0.3 is 5.97 Å². The van der Waals surface area contributed by atoms with E-state index in [4.69, 9.17) is 5.73 Å². The average Bonchev–Trinajstić information content (AvgIpc) is 3.41. The van der Waals surface area contributed by atoms with Gasteiger partial charge in [-0.2, -0.15) is 0 Å². The van der Waals surface area contributed by atoms with Gasteiger partial charge in [-0.25, -0.2) is 4.79 Å². The number of amides is 3. The number of allylic oxidation sites excluding steroid dienone is 1. The zero-order chi connectivity index (χ0) is 31.3. The Labute approximate surface area is 242 Å². The molecule has 10 heteroatoms. The molecule has 0 radical (unpaired) electrons. The molecule has 6 N–H and O–H groups in total. The molecular weight excluding hydrogens is 510 g/mol. The fourth-order valence-corrected chi connectivity index (χ4v) is 4.57. The van der Waals surface area contributed by atoms with Crippen LogP contribution < -0.4 is 21.7 Å². The van der Waals surface area contributed by atoms with E-state index in [1.165, 1.54) is 0 Å². The summed E-state index contributed by atoms with van der Waals surface area (Å²) in [4.78, 5) is 48.7. The molecule has 10 nitrogen and oxygen atoms in total. The summed E-state index contributed by atoms with van der Waals surface area (Å²) in [5.74, 6) is -2.58. The van der Waals surface area contributed by atoms with Gasteiger partial charge in [0, 0.05) is 31.1 Å². The molecule has 0 aromatic rings. The summed E-state index contributed by atoms with van der Waals surface area (Å²) in [5, 5.41) is 17.7. The summed E-state index contributed by atoms with van der Waals surface area (Å²) in [6, 6.07) is -0.891. The van der Waals surface area contributed by atoms with Gasteiger partial charge in [-0.1, -0.05) is 66.5 Å². The zero-order valence-corrected chi connectivity index (χ0v) is 25.7. The van der Waals surface area contributed by atoms with Gasteiger partial charge in [0.15, 0.2) is 0 Å². The molecule has 0 aromatic carbocycles. The number of carboxylic acids is 1. The molecule has 1 heterocycles. The maximum atomic E-state index is 12.7. The minimum atomic E-state index is -1.08. The maximum absolute atomic E-state index is 12.7. The third-order valence-corrected chi connectivity index (χ3v) is 7.08. The molecular formula is C30H55N5O5. The summed E-state index contributed by atoms with van der Waals surface area (Å²) in [5.41, 5.74) is 5.79. The molecule has 1 aliphatic rings. The predicted octanol–water partition coefficient (Wildman–Crippen LogP) is 2.53. The van der Waals surface area contributed by atoms with Crippen molar-refractivity contribution in [2.24, 2.45) is 23.0 Å². The van der Waals surface area contributed by atoms with Crippen LogP contribution in [0.4, 0.5) is 0 Å². The van der Waals surface area contributed by atoms with Crippen LogP contribution in [-0.2, 0) is 19.2 Å². The van der Waals surface area contributed by atoms with Crippen molar-refractivity contribution in [1.82, 2.24) is 20.9 Å². The van der Waals surface area contributed by atoms with Crippen LogP contribution in [0.2, 0.25) is 0 Å². The first kappa shape index (κ1) is 39.2. The Kier molecular flexibility index (Phi) is 21.5. The molecule has 1 fully saturated rings. The van der Waals surface area contributed by atoms with Crippen LogP contribution >= 0.6 is 0 Å². The minimum Gasteiger partial charge on any atom is -0.480 e. The topological polar surface area (TPSA) is 154 Å². The van der Waals surface area contributed by atoms with E-state index in [-0.39, 0.29) is 35.7 Å². The van der Waals surface area contributed by atoms with Crippen molar-refractivity contribution in [1.29, 1.82) is 0 Å². The molecule has 1 rings (SSSR count). The van der Waals surface area contributed by atoms with Gasteiger partial charge in [0.1, 0.15) is 6.04 Å². The van der Waals surface area contributed by atoms with E-state index in [1.54, 1.807) is 18.7 Å². The van der Waals surface area contributed by atoms with Crippen molar-refractivity contribution in [3.05, 3.63) is 12.2 Å². The van der Waals surface area contributed by atoms with Gasteiger partial charge in [-0.05, 0) is 38.1 Å². The van der Waals surface area contributed by atoms with Gasteiger partial charge in [-0.15, -0.1) is 12.8 Å². The number of likely N-dealkylation sites (N-methyl/N-ethyl adjacent to an activating group) is 1. The van der Waals surface area contributed by atoms with E-state index < -0.39 is 17.9 Å². The SMILES string of the molecule is C#C.CCCCC/C=C\C(C)C(NC(=O)[C@H](C)C1CCCN1C(=O)CNC=O)C(=O)O.CNC(CN)C(C)(C)C. The normalized spacial score (nSPS) is 17.8.